The van der Waals surface area contributed by atoms with Gasteiger partial charge in [-0.1, -0.05) is 6.92 Å². The molecule has 1 aliphatic rings. The second-order valence-electron chi connectivity index (χ2n) is 5.01. The summed E-state index contributed by atoms with van der Waals surface area (Å²) in [5.41, 5.74) is 0. The molecular formula is C13H22N2O2S2. The van der Waals surface area contributed by atoms with Crippen molar-refractivity contribution in [3.8, 4) is 0 Å². The van der Waals surface area contributed by atoms with Crippen LogP contribution in [0.5, 0.6) is 0 Å². The van der Waals surface area contributed by atoms with Crippen LogP contribution >= 0.6 is 11.3 Å². The first-order valence-corrected chi connectivity index (χ1v) is 9.02. The topological polar surface area (TPSA) is 49.4 Å². The lowest BCUT2D eigenvalue weighted by Crippen LogP contribution is -2.33. The van der Waals surface area contributed by atoms with Gasteiger partial charge in [0, 0.05) is 28.9 Å². The number of hydrogen-bond donors (Lipinski definition) is 1. The molecule has 0 aliphatic heterocycles. The lowest BCUT2D eigenvalue weighted by Gasteiger charge is -2.21. The molecule has 2 rings (SSSR count). The van der Waals surface area contributed by atoms with E-state index in [0.717, 1.165) is 35.6 Å². The second-order valence-corrected chi connectivity index (χ2v) is 8.21. The summed E-state index contributed by atoms with van der Waals surface area (Å²) < 4.78 is 27.2. The Hall–Kier alpha value is -0.430. The number of nitrogens with zero attached hydrogens (tertiary/aromatic N) is 1. The Labute approximate surface area is 119 Å². The molecule has 0 saturated heterocycles. The van der Waals surface area contributed by atoms with E-state index in [-0.39, 0.29) is 6.04 Å². The van der Waals surface area contributed by atoms with Gasteiger partial charge in [0.1, 0.15) is 0 Å². The van der Waals surface area contributed by atoms with Crippen molar-refractivity contribution in [3.05, 3.63) is 15.8 Å². The number of thiophene rings is 1. The summed E-state index contributed by atoms with van der Waals surface area (Å²) in [6.45, 7) is 5.27. The molecule has 0 aromatic carbocycles. The van der Waals surface area contributed by atoms with Gasteiger partial charge in [0.15, 0.2) is 0 Å². The molecule has 19 heavy (non-hydrogen) atoms. The van der Waals surface area contributed by atoms with Crippen molar-refractivity contribution in [1.82, 2.24) is 9.62 Å². The lowest BCUT2D eigenvalue weighted by molar-refractivity contribution is 0.403. The number of aryl methyl sites for hydroxylation is 1. The van der Waals surface area contributed by atoms with E-state index in [0.29, 0.717) is 11.4 Å². The van der Waals surface area contributed by atoms with Gasteiger partial charge in [-0.2, -0.15) is 4.31 Å². The molecule has 1 fully saturated rings. The molecule has 4 nitrogen and oxygen atoms in total. The van der Waals surface area contributed by atoms with E-state index in [2.05, 4.69) is 5.32 Å². The van der Waals surface area contributed by atoms with Gasteiger partial charge in [-0.15, -0.1) is 11.3 Å². The van der Waals surface area contributed by atoms with Crippen molar-refractivity contribution in [3.63, 3.8) is 0 Å². The Kier molecular flexibility index (Phi) is 4.66. The zero-order valence-electron chi connectivity index (χ0n) is 11.8. The minimum Gasteiger partial charge on any atom is -0.315 e. The molecule has 1 N–H and O–H groups in total. The van der Waals surface area contributed by atoms with Crippen molar-refractivity contribution in [2.45, 2.75) is 50.6 Å². The summed E-state index contributed by atoms with van der Waals surface area (Å²) in [4.78, 5) is 2.47. The van der Waals surface area contributed by atoms with Crippen LogP contribution in [0.15, 0.2) is 11.0 Å². The van der Waals surface area contributed by atoms with Crippen molar-refractivity contribution in [1.29, 1.82) is 0 Å². The highest BCUT2D eigenvalue weighted by atomic mass is 32.2. The Balaban J connectivity index is 2.31. The van der Waals surface area contributed by atoms with E-state index in [1.54, 1.807) is 15.6 Å². The van der Waals surface area contributed by atoms with Crippen molar-refractivity contribution < 1.29 is 8.42 Å². The molecule has 0 amide bonds. The number of hydrogen-bond acceptors (Lipinski definition) is 4. The Morgan fingerprint density at radius 1 is 1.47 bits per heavy atom. The predicted octanol–water partition coefficient (Wildman–Crippen LogP) is 2.34. The van der Waals surface area contributed by atoms with E-state index in [1.165, 1.54) is 0 Å². The SMILES string of the molecule is CCCN(C1CC1)S(=O)(=O)c1cc(CNC)sc1C. The van der Waals surface area contributed by atoms with E-state index in [9.17, 15) is 8.42 Å². The third kappa shape index (κ3) is 3.18. The van der Waals surface area contributed by atoms with Crippen LogP contribution < -0.4 is 5.32 Å². The summed E-state index contributed by atoms with van der Waals surface area (Å²) in [6.07, 6.45) is 2.87. The first kappa shape index (κ1) is 15.0. The Morgan fingerprint density at radius 3 is 2.68 bits per heavy atom. The minimum absolute atomic E-state index is 0.233. The number of rotatable bonds is 7. The normalized spacial score (nSPS) is 16.2. The van der Waals surface area contributed by atoms with E-state index < -0.39 is 10.0 Å². The second kappa shape index (κ2) is 5.91. The van der Waals surface area contributed by atoms with E-state index in [1.807, 2.05) is 27.0 Å². The van der Waals surface area contributed by atoms with Crippen LogP contribution in [0.1, 0.15) is 35.9 Å². The van der Waals surface area contributed by atoms with Crippen LogP contribution in [-0.4, -0.2) is 32.4 Å². The molecule has 1 aromatic rings. The van der Waals surface area contributed by atoms with Gasteiger partial charge in [0.25, 0.3) is 0 Å². The minimum atomic E-state index is -3.31. The van der Waals surface area contributed by atoms with Gasteiger partial charge < -0.3 is 5.32 Å². The van der Waals surface area contributed by atoms with Gasteiger partial charge in [-0.25, -0.2) is 8.42 Å². The highest BCUT2D eigenvalue weighted by Gasteiger charge is 2.38. The quantitative estimate of drug-likeness (QED) is 0.841. The molecule has 108 valence electrons. The third-order valence-corrected chi connectivity index (χ3v) is 6.52. The highest BCUT2D eigenvalue weighted by Crippen LogP contribution is 2.35. The van der Waals surface area contributed by atoms with Crippen LogP contribution in [0.4, 0.5) is 0 Å². The molecule has 1 saturated carbocycles. The summed E-state index contributed by atoms with van der Waals surface area (Å²) in [5, 5.41) is 3.07. The largest absolute Gasteiger partial charge is 0.315 e. The Morgan fingerprint density at radius 2 is 2.16 bits per heavy atom. The summed E-state index contributed by atoms with van der Waals surface area (Å²) in [7, 11) is -1.44. The smallest absolute Gasteiger partial charge is 0.244 e. The molecule has 0 spiro atoms. The van der Waals surface area contributed by atoms with Crippen molar-refractivity contribution >= 4 is 21.4 Å². The van der Waals surface area contributed by atoms with Gasteiger partial charge in [-0.05, 0) is 39.3 Å². The lowest BCUT2D eigenvalue weighted by atomic mass is 10.4. The molecular weight excluding hydrogens is 280 g/mol. The highest BCUT2D eigenvalue weighted by molar-refractivity contribution is 7.89. The fraction of sp³-hybridized carbons (Fsp3) is 0.692. The molecule has 0 radical (unpaired) electrons. The molecule has 0 atom stereocenters. The first-order valence-electron chi connectivity index (χ1n) is 6.76. The molecule has 0 unspecified atom stereocenters. The van der Waals surface area contributed by atoms with E-state index in [4.69, 9.17) is 0 Å². The average Bonchev–Trinajstić information content (AvgIpc) is 3.10. The van der Waals surface area contributed by atoms with Crippen LogP contribution in [-0.2, 0) is 16.6 Å². The van der Waals surface area contributed by atoms with Gasteiger partial charge in [0.2, 0.25) is 10.0 Å². The zero-order valence-corrected chi connectivity index (χ0v) is 13.4. The fourth-order valence-corrected chi connectivity index (χ4v) is 5.64. The van der Waals surface area contributed by atoms with Crippen LogP contribution in [0.3, 0.4) is 0 Å². The number of sulfonamides is 1. The number of nitrogens with one attached hydrogen (secondary N) is 1. The molecule has 0 bridgehead atoms. The first-order chi connectivity index (χ1) is 9.00. The summed E-state index contributed by atoms with van der Waals surface area (Å²) >= 11 is 1.57. The summed E-state index contributed by atoms with van der Waals surface area (Å²) in [6, 6.07) is 2.06. The summed E-state index contributed by atoms with van der Waals surface area (Å²) in [5.74, 6) is 0. The molecule has 1 heterocycles. The molecule has 1 aliphatic carbocycles. The zero-order chi connectivity index (χ0) is 14.0. The van der Waals surface area contributed by atoms with Gasteiger partial charge >= 0.3 is 0 Å². The maximum absolute atomic E-state index is 12.8. The van der Waals surface area contributed by atoms with Crippen LogP contribution in [0, 0.1) is 6.92 Å². The average molecular weight is 302 g/mol. The monoisotopic (exact) mass is 302 g/mol. The maximum Gasteiger partial charge on any atom is 0.244 e. The van der Waals surface area contributed by atoms with Crippen molar-refractivity contribution in [2.24, 2.45) is 0 Å². The standard InChI is InChI=1S/C13H22N2O2S2/c1-4-7-15(11-5-6-11)19(16,17)13-8-12(9-14-3)18-10(13)2/h8,11,14H,4-7,9H2,1-3H3. The van der Waals surface area contributed by atoms with Crippen molar-refractivity contribution in [2.75, 3.05) is 13.6 Å². The fourth-order valence-electron chi connectivity index (χ4n) is 2.25. The predicted molar refractivity (Wildman–Crippen MR) is 79.0 cm³/mol. The maximum atomic E-state index is 12.8. The van der Waals surface area contributed by atoms with Gasteiger partial charge in [0.05, 0.1) is 4.90 Å². The van der Waals surface area contributed by atoms with Crippen LogP contribution in [0.25, 0.3) is 0 Å². The third-order valence-electron chi connectivity index (χ3n) is 3.26. The Bertz CT molecular complexity index is 533. The van der Waals surface area contributed by atoms with Crippen LogP contribution in [0.2, 0.25) is 0 Å². The van der Waals surface area contributed by atoms with Gasteiger partial charge in [-0.3, -0.25) is 0 Å². The van der Waals surface area contributed by atoms with E-state index >= 15 is 0 Å². The molecule has 1 aromatic heterocycles. The molecule has 6 heteroatoms.